The van der Waals surface area contributed by atoms with Crippen molar-refractivity contribution in [2.75, 3.05) is 26.7 Å². The summed E-state index contributed by atoms with van der Waals surface area (Å²) in [7, 11) is 2.17. The zero-order chi connectivity index (χ0) is 11.7. The van der Waals surface area contributed by atoms with E-state index in [-0.39, 0.29) is 6.03 Å². The lowest BCUT2D eigenvalue weighted by Crippen LogP contribution is -2.41. The third-order valence-electron chi connectivity index (χ3n) is 3.92. The van der Waals surface area contributed by atoms with Crippen LogP contribution in [-0.2, 0) is 0 Å². The number of hydrogen-bond acceptors (Lipinski definition) is 2. The number of rotatable bonds is 2. The molecular weight excluding hydrogens is 202 g/mol. The lowest BCUT2D eigenvalue weighted by atomic mass is 9.90. The Morgan fingerprint density at radius 3 is 2.44 bits per heavy atom. The van der Waals surface area contributed by atoms with Crippen LogP contribution < -0.4 is 5.32 Å². The van der Waals surface area contributed by atoms with Gasteiger partial charge in [0.2, 0.25) is 0 Å². The number of hydrogen-bond donors (Lipinski definition) is 1. The molecule has 1 atom stereocenters. The Bertz CT molecular complexity index is 259. The molecule has 92 valence electrons. The summed E-state index contributed by atoms with van der Waals surface area (Å²) in [5.74, 6) is 0.670. The van der Waals surface area contributed by atoms with E-state index in [1.165, 1.54) is 25.9 Å². The highest BCUT2D eigenvalue weighted by Gasteiger charge is 2.36. The van der Waals surface area contributed by atoms with Crippen LogP contribution in [-0.4, -0.2) is 54.6 Å². The molecule has 4 nitrogen and oxygen atoms in total. The van der Waals surface area contributed by atoms with Gasteiger partial charge in [-0.05, 0) is 52.7 Å². The van der Waals surface area contributed by atoms with Crippen LogP contribution in [0.25, 0.3) is 0 Å². The van der Waals surface area contributed by atoms with Gasteiger partial charge in [-0.25, -0.2) is 4.79 Å². The van der Waals surface area contributed by atoms with E-state index in [1.807, 2.05) is 4.90 Å². The highest BCUT2D eigenvalue weighted by molar-refractivity contribution is 5.77. The maximum Gasteiger partial charge on any atom is 0.317 e. The van der Waals surface area contributed by atoms with Crippen LogP contribution >= 0.6 is 0 Å². The van der Waals surface area contributed by atoms with E-state index in [4.69, 9.17) is 0 Å². The van der Waals surface area contributed by atoms with Gasteiger partial charge < -0.3 is 15.1 Å². The highest BCUT2D eigenvalue weighted by atomic mass is 16.2. The number of nitrogens with zero attached hydrogens (tertiary/aromatic N) is 2. The first-order chi connectivity index (χ1) is 7.58. The molecule has 0 aromatic carbocycles. The monoisotopic (exact) mass is 225 g/mol. The molecule has 0 aromatic rings. The molecule has 0 saturated carbocycles. The molecule has 2 fully saturated rings. The van der Waals surface area contributed by atoms with Crippen LogP contribution in [0.1, 0.15) is 26.7 Å². The van der Waals surface area contributed by atoms with Crippen LogP contribution in [0.4, 0.5) is 4.79 Å². The number of nitrogens with one attached hydrogen (secondary N) is 1. The maximum absolute atomic E-state index is 11.7. The molecule has 16 heavy (non-hydrogen) atoms. The summed E-state index contributed by atoms with van der Waals surface area (Å²) in [5.41, 5.74) is 0. The number of carbonyl (C=O) groups is 1. The van der Waals surface area contributed by atoms with Gasteiger partial charge in [0.25, 0.3) is 0 Å². The van der Waals surface area contributed by atoms with E-state index in [0.717, 1.165) is 6.54 Å². The number of piperidine rings is 1. The Morgan fingerprint density at radius 2 is 1.94 bits per heavy atom. The zero-order valence-electron chi connectivity index (χ0n) is 10.6. The van der Waals surface area contributed by atoms with E-state index in [2.05, 4.69) is 31.1 Å². The van der Waals surface area contributed by atoms with Crippen molar-refractivity contribution < 1.29 is 4.79 Å². The van der Waals surface area contributed by atoms with Crippen molar-refractivity contribution in [2.24, 2.45) is 5.92 Å². The molecule has 2 aliphatic rings. The van der Waals surface area contributed by atoms with Gasteiger partial charge in [0, 0.05) is 12.6 Å². The summed E-state index contributed by atoms with van der Waals surface area (Å²) in [6, 6.07) is 0.818. The fraction of sp³-hybridized carbons (Fsp3) is 0.917. The molecular formula is C12H23N3O. The molecule has 0 spiro atoms. The average molecular weight is 225 g/mol. The predicted octanol–water partition coefficient (Wildman–Crippen LogP) is 1.13. The van der Waals surface area contributed by atoms with Gasteiger partial charge in [0.1, 0.15) is 0 Å². The van der Waals surface area contributed by atoms with E-state index in [1.54, 1.807) is 0 Å². The molecule has 0 radical (unpaired) electrons. The lowest BCUT2D eigenvalue weighted by Gasteiger charge is -2.32. The minimum Gasteiger partial charge on any atom is -0.333 e. The van der Waals surface area contributed by atoms with Crippen LogP contribution in [0.3, 0.4) is 0 Å². The molecule has 0 bridgehead atoms. The number of carbonyl (C=O) groups excluding carboxylic acids is 1. The zero-order valence-corrected chi connectivity index (χ0v) is 10.6. The second kappa shape index (κ2) is 4.62. The molecule has 1 N–H and O–H groups in total. The Hall–Kier alpha value is -0.770. The Morgan fingerprint density at radius 1 is 1.31 bits per heavy atom. The molecule has 0 aromatic heterocycles. The van der Waals surface area contributed by atoms with E-state index < -0.39 is 0 Å². The summed E-state index contributed by atoms with van der Waals surface area (Å²) in [5, 5.41) is 3.14. The van der Waals surface area contributed by atoms with E-state index in [9.17, 15) is 4.79 Å². The normalized spacial score (nSPS) is 28.9. The molecule has 4 heteroatoms. The Labute approximate surface area is 98.0 Å². The first-order valence-corrected chi connectivity index (χ1v) is 6.33. The fourth-order valence-corrected chi connectivity index (χ4v) is 2.73. The first-order valence-electron chi connectivity index (χ1n) is 6.33. The number of amides is 2. The van der Waals surface area contributed by atoms with Crippen molar-refractivity contribution in [3.05, 3.63) is 0 Å². The number of likely N-dealkylation sites (tertiary alicyclic amines) is 1. The van der Waals surface area contributed by atoms with Crippen molar-refractivity contribution in [3.63, 3.8) is 0 Å². The standard InChI is InChI=1S/C12H23N3O/c1-9(2)15-8-11(13-12(15)16)10-4-6-14(3)7-5-10/h9-11H,4-8H2,1-3H3,(H,13,16). The van der Waals surface area contributed by atoms with Crippen molar-refractivity contribution in [3.8, 4) is 0 Å². The van der Waals surface area contributed by atoms with E-state index in [0.29, 0.717) is 18.0 Å². The summed E-state index contributed by atoms with van der Waals surface area (Å²) in [6.07, 6.45) is 2.43. The quantitative estimate of drug-likeness (QED) is 0.764. The highest BCUT2D eigenvalue weighted by Crippen LogP contribution is 2.24. The smallest absolute Gasteiger partial charge is 0.317 e. The van der Waals surface area contributed by atoms with Gasteiger partial charge in [0.15, 0.2) is 0 Å². The van der Waals surface area contributed by atoms with Crippen molar-refractivity contribution in [2.45, 2.75) is 38.8 Å². The second-order valence-corrected chi connectivity index (χ2v) is 5.44. The Kier molecular flexibility index (Phi) is 3.38. The predicted molar refractivity (Wildman–Crippen MR) is 64.4 cm³/mol. The lowest BCUT2D eigenvalue weighted by molar-refractivity contribution is 0.187. The average Bonchev–Trinajstić information content (AvgIpc) is 2.61. The van der Waals surface area contributed by atoms with Gasteiger partial charge in [-0.15, -0.1) is 0 Å². The van der Waals surface area contributed by atoms with Gasteiger partial charge in [-0.3, -0.25) is 0 Å². The third-order valence-corrected chi connectivity index (χ3v) is 3.92. The van der Waals surface area contributed by atoms with Crippen molar-refractivity contribution in [1.82, 2.24) is 15.1 Å². The molecule has 2 heterocycles. The number of urea groups is 1. The maximum atomic E-state index is 11.7. The topological polar surface area (TPSA) is 35.6 Å². The molecule has 2 amide bonds. The van der Waals surface area contributed by atoms with Crippen molar-refractivity contribution in [1.29, 1.82) is 0 Å². The SMILES string of the molecule is CC(C)N1CC(C2CCN(C)CC2)NC1=O. The molecule has 0 aliphatic carbocycles. The van der Waals surface area contributed by atoms with Crippen LogP contribution in [0.5, 0.6) is 0 Å². The summed E-state index contributed by atoms with van der Waals surface area (Å²) < 4.78 is 0. The van der Waals surface area contributed by atoms with E-state index >= 15 is 0 Å². The van der Waals surface area contributed by atoms with Crippen LogP contribution in [0, 0.1) is 5.92 Å². The van der Waals surface area contributed by atoms with Gasteiger partial charge >= 0.3 is 6.03 Å². The first kappa shape index (κ1) is 11.7. The third kappa shape index (κ3) is 2.32. The van der Waals surface area contributed by atoms with Gasteiger partial charge in [-0.1, -0.05) is 0 Å². The summed E-state index contributed by atoms with van der Waals surface area (Å²) in [6.45, 7) is 7.38. The van der Waals surface area contributed by atoms with Gasteiger partial charge in [0.05, 0.1) is 6.04 Å². The minimum absolute atomic E-state index is 0.124. The van der Waals surface area contributed by atoms with Crippen molar-refractivity contribution >= 4 is 6.03 Å². The minimum atomic E-state index is 0.124. The molecule has 2 saturated heterocycles. The van der Waals surface area contributed by atoms with Crippen LogP contribution in [0.2, 0.25) is 0 Å². The molecule has 2 rings (SSSR count). The van der Waals surface area contributed by atoms with Crippen LogP contribution in [0.15, 0.2) is 0 Å². The molecule has 2 aliphatic heterocycles. The summed E-state index contributed by atoms with van der Waals surface area (Å²) in [4.78, 5) is 16.1. The fourth-order valence-electron chi connectivity index (χ4n) is 2.73. The molecule has 1 unspecified atom stereocenters. The Balaban J connectivity index is 1.90. The largest absolute Gasteiger partial charge is 0.333 e. The summed E-state index contributed by atoms with van der Waals surface area (Å²) >= 11 is 0. The van der Waals surface area contributed by atoms with Gasteiger partial charge in [-0.2, -0.15) is 0 Å². The second-order valence-electron chi connectivity index (χ2n) is 5.44.